The Labute approximate surface area is 113 Å². The Morgan fingerprint density at radius 1 is 1.42 bits per heavy atom. The number of carboxylic acids is 1. The van der Waals surface area contributed by atoms with E-state index in [4.69, 9.17) is 9.84 Å². The number of nitrogens with zero attached hydrogens (tertiary/aromatic N) is 2. The fourth-order valence-corrected chi connectivity index (χ4v) is 1.84. The number of aliphatic carboxylic acids is 1. The number of carbonyl (C=O) groups is 2. The molecular weight excluding hydrogens is 250 g/mol. The summed E-state index contributed by atoms with van der Waals surface area (Å²) in [5.74, 6) is -1.02. The Hall–Kier alpha value is -1.34. The van der Waals surface area contributed by atoms with Gasteiger partial charge in [-0.1, -0.05) is 0 Å². The first-order chi connectivity index (χ1) is 9.00. The van der Waals surface area contributed by atoms with Crippen molar-refractivity contribution in [1.82, 2.24) is 15.1 Å². The zero-order valence-electron chi connectivity index (χ0n) is 11.6. The Kier molecular flexibility index (Phi) is 6.58. The van der Waals surface area contributed by atoms with Crippen LogP contribution in [0.25, 0.3) is 0 Å². The van der Waals surface area contributed by atoms with Crippen molar-refractivity contribution in [2.75, 3.05) is 46.9 Å². The monoisotopic (exact) mass is 273 g/mol. The maximum Gasteiger partial charge on any atom is 0.334 e. The normalized spacial score (nSPS) is 19.5. The summed E-state index contributed by atoms with van der Waals surface area (Å²) in [4.78, 5) is 26.2. The van der Waals surface area contributed by atoms with E-state index in [1.54, 1.807) is 0 Å². The molecule has 0 aliphatic carbocycles. The smallest absolute Gasteiger partial charge is 0.334 e. The second kappa shape index (κ2) is 7.96. The van der Waals surface area contributed by atoms with Crippen molar-refractivity contribution in [2.24, 2.45) is 0 Å². The van der Waals surface area contributed by atoms with Crippen LogP contribution in [0.5, 0.6) is 0 Å². The molecule has 0 radical (unpaired) electrons. The van der Waals surface area contributed by atoms with Gasteiger partial charge in [-0.2, -0.15) is 0 Å². The van der Waals surface area contributed by atoms with Gasteiger partial charge in [-0.15, -0.1) is 0 Å². The van der Waals surface area contributed by atoms with Crippen molar-refractivity contribution >= 4 is 12.0 Å². The molecule has 1 rings (SSSR count). The van der Waals surface area contributed by atoms with Crippen molar-refractivity contribution < 1.29 is 19.4 Å². The van der Waals surface area contributed by atoms with Crippen LogP contribution in [0.15, 0.2) is 0 Å². The van der Waals surface area contributed by atoms with E-state index in [0.717, 1.165) is 19.4 Å². The van der Waals surface area contributed by atoms with Crippen molar-refractivity contribution in [3.63, 3.8) is 0 Å². The fraction of sp³-hybridized carbons (Fsp3) is 0.833. The zero-order valence-corrected chi connectivity index (χ0v) is 11.6. The first-order valence-electron chi connectivity index (χ1n) is 6.52. The van der Waals surface area contributed by atoms with E-state index in [1.807, 2.05) is 14.1 Å². The number of unbranched alkanes of at least 4 members (excludes halogenated alkanes) is 1. The highest BCUT2D eigenvalue weighted by Crippen LogP contribution is 2.05. The summed E-state index contributed by atoms with van der Waals surface area (Å²) in [5, 5.41) is 11.7. The predicted octanol–water partition coefficient (Wildman–Crippen LogP) is -0.177. The van der Waals surface area contributed by atoms with Gasteiger partial charge < -0.3 is 25.0 Å². The molecule has 0 spiro atoms. The van der Waals surface area contributed by atoms with Crippen molar-refractivity contribution in [3.8, 4) is 0 Å². The van der Waals surface area contributed by atoms with Crippen molar-refractivity contribution in [1.29, 1.82) is 0 Å². The standard InChI is InChI=1S/C12H23N3O4/c1-14(2)6-4-3-5-13-12(18)15-7-8-19-10(9-15)11(16)17/h10H,3-9H2,1-2H3,(H,13,18)(H,16,17). The molecule has 1 aliphatic heterocycles. The number of morpholine rings is 1. The van der Waals surface area contributed by atoms with Gasteiger partial charge in [0.25, 0.3) is 0 Å². The lowest BCUT2D eigenvalue weighted by molar-refractivity contribution is -0.154. The molecule has 0 aromatic carbocycles. The molecule has 1 atom stereocenters. The topological polar surface area (TPSA) is 82.1 Å². The van der Waals surface area contributed by atoms with Crippen LogP contribution in [0.2, 0.25) is 0 Å². The average molecular weight is 273 g/mol. The molecule has 0 aromatic heterocycles. The molecule has 1 aliphatic rings. The molecular formula is C12H23N3O4. The highest BCUT2D eigenvalue weighted by atomic mass is 16.5. The van der Waals surface area contributed by atoms with E-state index in [9.17, 15) is 9.59 Å². The summed E-state index contributed by atoms with van der Waals surface area (Å²) in [6, 6.07) is -0.209. The third kappa shape index (κ3) is 5.89. The van der Waals surface area contributed by atoms with Crippen molar-refractivity contribution in [3.05, 3.63) is 0 Å². The third-order valence-corrected chi connectivity index (χ3v) is 2.94. The molecule has 0 aromatic rings. The lowest BCUT2D eigenvalue weighted by Crippen LogP contribution is -2.51. The molecule has 110 valence electrons. The Bertz CT molecular complexity index is 309. The predicted molar refractivity (Wildman–Crippen MR) is 70.1 cm³/mol. The quantitative estimate of drug-likeness (QED) is 0.656. The van der Waals surface area contributed by atoms with Gasteiger partial charge in [0.2, 0.25) is 0 Å². The van der Waals surface area contributed by atoms with Crippen LogP contribution >= 0.6 is 0 Å². The van der Waals surface area contributed by atoms with Crippen LogP contribution in [0.4, 0.5) is 4.79 Å². The van der Waals surface area contributed by atoms with E-state index in [1.165, 1.54) is 4.90 Å². The first-order valence-corrected chi connectivity index (χ1v) is 6.52. The van der Waals surface area contributed by atoms with Crippen LogP contribution in [0.3, 0.4) is 0 Å². The van der Waals surface area contributed by atoms with Gasteiger partial charge in [-0.05, 0) is 33.5 Å². The molecule has 1 fully saturated rings. The molecule has 7 heteroatoms. The van der Waals surface area contributed by atoms with Gasteiger partial charge in [0.1, 0.15) is 0 Å². The highest BCUT2D eigenvalue weighted by molar-refractivity contribution is 5.77. The maximum atomic E-state index is 11.8. The van der Waals surface area contributed by atoms with Gasteiger partial charge in [-0.3, -0.25) is 0 Å². The minimum atomic E-state index is -1.02. The Balaban J connectivity index is 2.20. The number of amides is 2. The van der Waals surface area contributed by atoms with E-state index in [2.05, 4.69) is 10.2 Å². The molecule has 1 saturated heterocycles. The fourth-order valence-electron chi connectivity index (χ4n) is 1.84. The number of hydrogen-bond acceptors (Lipinski definition) is 4. The van der Waals surface area contributed by atoms with Gasteiger partial charge in [0, 0.05) is 13.1 Å². The van der Waals surface area contributed by atoms with E-state index >= 15 is 0 Å². The van der Waals surface area contributed by atoms with Gasteiger partial charge in [0.15, 0.2) is 6.10 Å². The molecule has 19 heavy (non-hydrogen) atoms. The number of hydrogen-bond donors (Lipinski definition) is 2. The molecule has 0 bridgehead atoms. The Morgan fingerprint density at radius 3 is 2.79 bits per heavy atom. The van der Waals surface area contributed by atoms with Crippen molar-refractivity contribution in [2.45, 2.75) is 18.9 Å². The SMILES string of the molecule is CN(C)CCCCNC(=O)N1CCOC(C(=O)O)C1. The van der Waals surface area contributed by atoms with Crippen LogP contribution in [0, 0.1) is 0 Å². The minimum absolute atomic E-state index is 0.110. The number of carboxylic acid groups (broad SMARTS) is 1. The number of urea groups is 1. The summed E-state index contributed by atoms with van der Waals surface area (Å²) < 4.78 is 5.06. The first kappa shape index (κ1) is 15.7. The molecule has 2 N–H and O–H groups in total. The number of carbonyl (C=O) groups excluding carboxylic acids is 1. The number of nitrogens with one attached hydrogen (secondary N) is 1. The largest absolute Gasteiger partial charge is 0.479 e. The molecule has 2 amide bonds. The van der Waals surface area contributed by atoms with Gasteiger partial charge >= 0.3 is 12.0 Å². The summed E-state index contributed by atoms with van der Waals surface area (Å²) in [7, 11) is 4.02. The highest BCUT2D eigenvalue weighted by Gasteiger charge is 2.28. The van der Waals surface area contributed by atoms with E-state index in [0.29, 0.717) is 13.1 Å². The molecule has 0 saturated carbocycles. The Morgan fingerprint density at radius 2 is 2.16 bits per heavy atom. The van der Waals surface area contributed by atoms with Crippen LogP contribution < -0.4 is 5.32 Å². The lowest BCUT2D eigenvalue weighted by atomic mass is 10.3. The van der Waals surface area contributed by atoms with Crippen LogP contribution in [-0.4, -0.2) is 79.9 Å². The summed E-state index contributed by atoms with van der Waals surface area (Å²) in [6.45, 7) is 2.42. The summed E-state index contributed by atoms with van der Waals surface area (Å²) >= 11 is 0. The molecule has 1 heterocycles. The number of ether oxygens (including phenoxy) is 1. The minimum Gasteiger partial charge on any atom is -0.479 e. The van der Waals surface area contributed by atoms with Crippen LogP contribution in [0.1, 0.15) is 12.8 Å². The average Bonchev–Trinajstić information content (AvgIpc) is 2.37. The van der Waals surface area contributed by atoms with Gasteiger partial charge in [-0.25, -0.2) is 9.59 Å². The number of rotatable bonds is 6. The molecule has 7 nitrogen and oxygen atoms in total. The van der Waals surface area contributed by atoms with Gasteiger partial charge in [0.05, 0.1) is 13.2 Å². The second-order valence-electron chi connectivity index (χ2n) is 4.89. The maximum absolute atomic E-state index is 11.8. The second-order valence-corrected chi connectivity index (χ2v) is 4.89. The zero-order chi connectivity index (χ0) is 14.3. The third-order valence-electron chi connectivity index (χ3n) is 2.94. The van der Waals surface area contributed by atoms with Crippen LogP contribution in [-0.2, 0) is 9.53 Å². The summed E-state index contributed by atoms with van der Waals surface area (Å²) in [5.41, 5.74) is 0. The summed E-state index contributed by atoms with van der Waals surface area (Å²) in [6.07, 6.45) is 1.03. The van der Waals surface area contributed by atoms with E-state index in [-0.39, 0.29) is 19.2 Å². The van der Waals surface area contributed by atoms with E-state index < -0.39 is 12.1 Å². The molecule has 1 unspecified atom stereocenters. The lowest BCUT2D eigenvalue weighted by Gasteiger charge is -2.30.